The molecule has 0 saturated heterocycles. The molecular weight excluding hydrogens is 172 g/mol. The minimum absolute atomic E-state index is 0.385. The molecule has 1 aliphatic rings. The molecule has 0 atom stereocenters. The summed E-state index contributed by atoms with van der Waals surface area (Å²) in [7, 11) is 0. The van der Waals surface area contributed by atoms with E-state index in [4.69, 9.17) is 0 Å². The molecule has 0 N–H and O–H groups in total. The van der Waals surface area contributed by atoms with Crippen LogP contribution in [-0.4, -0.2) is 5.78 Å². The molecule has 0 spiro atoms. The zero-order valence-corrected chi connectivity index (χ0v) is 8.84. The van der Waals surface area contributed by atoms with Crippen molar-refractivity contribution in [1.29, 1.82) is 0 Å². The van der Waals surface area contributed by atoms with Crippen molar-refractivity contribution < 1.29 is 4.79 Å². The largest absolute Gasteiger partial charge is 0.299 e. The lowest BCUT2D eigenvalue weighted by molar-refractivity contribution is -0.119. The molecule has 0 amide bonds. The van der Waals surface area contributed by atoms with Gasteiger partial charge >= 0.3 is 0 Å². The molecule has 1 heteroatoms. The highest BCUT2D eigenvalue weighted by Crippen LogP contribution is 2.31. The van der Waals surface area contributed by atoms with Crippen molar-refractivity contribution in [3.8, 4) is 0 Å². The smallest absolute Gasteiger partial charge is 0.140 e. The summed E-state index contributed by atoms with van der Waals surface area (Å²) in [6.45, 7) is 4.17. The first-order valence-electron chi connectivity index (χ1n) is 5.25. The number of carbonyl (C=O) groups excluding carboxylic acids is 1. The minimum Gasteiger partial charge on any atom is -0.299 e. The molecule has 0 aromatic heterocycles. The van der Waals surface area contributed by atoms with Crippen molar-refractivity contribution in [2.45, 2.75) is 33.1 Å². The molecule has 1 aromatic rings. The van der Waals surface area contributed by atoms with Gasteiger partial charge in [-0.3, -0.25) is 4.79 Å². The monoisotopic (exact) mass is 188 g/mol. The molecule has 1 saturated carbocycles. The predicted molar refractivity (Wildman–Crippen MR) is 57.4 cm³/mol. The molecular formula is C13H16O. The van der Waals surface area contributed by atoms with Crippen LogP contribution in [0.4, 0.5) is 0 Å². The highest BCUT2D eigenvalue weighted by molar-refractivity contribution is 5.85. The summed E-state index contributed by atoms with van der Waals surface area (Å²) in [5.41, 5.74) is 3.72. The number of hydrogen-bond acceptors (Lipinski definition) is 1. The topological polar surface area (TPSA) is 17.1 Å². The van der Waals surface area contributed by atoms with Gasteiger partial charge in [0.05, 0.1) is 0 Å². The van der Waals surface area contributed by atoms with E-state index in [0.717, 1.165) is 12.8 Å². The number of benzene rings is 1. The molecule has 0 radical (unpaired) electrons. The fourth-order valence-corrected chi connectivity index (χ4v) is 1.78. The SMILES string of the molecule is Cc1ccc(CC(=O)C2CC2)c(C)c1. The van der Waals surface area contributed by atoms with E-state index < -0.39 is 0 Å². The summed E-state index contributed by atoms with van der Waals surface area (Å²) < 4.78 is 0. The highest BCUT2D eigenvalue weighted by Gasteiger charge is 2.29. The Bertz CT molecular complexity index is 361. The third-order valence-electron chi connectivity index (χ3n) is 2.90. The van der Waals surface area contributed by atoms with Crippen LogP contribution in [0.15, 0.2) is 18.2 Å². The van der Waals surface area contributed by atoms with Gasteiger partial charge in [-0.05, 0) is 37.8 Å². The first kappa shape index (κ1) is 9.45. The van der Waals surface area contributed by atoms with Gasteiger partial charge in [-0.2, -0.15) is 0 Å². The van der Waals surface area contributed by atoms with E-state index in [1.807, 2.05) is 0 Å². The van der Waals surface area contributed by atoms with Gasteiger partial charge in [0.1, 0.15) is 5.78 Å². The van der Waals surface area contributed by atoms with E-state index in [0.29, 0.717) is 18.1 Å². The van der Waals surface area contributed by atoms with Crippen LogP contribution < -0.4 is 0 Å². The molecule has 1 nitrogen and oxygen atoms in total. The number of Topliss-reactive ketones (excluding diaryl/α,β-unsaturated/α-hetero) is 1. The Morgan fingerprint density at radius 2 is 2.07 bits per heavy atom. The molecule has 0 unspecified atom stereocenters. The van der Waals surface area contributed by atoms with E-state index in [1.54, 1.807) is 0 Å². The van der Waals surface area contributed by atoms with Crippen molar-refractivity contribution in [3.05, 3.63) is 34.9 Å². The van der Waals surface area contributed by atoms with Gasteiger partial charge < -0.3 is 0 Å². The van der Waals surface area contributed by atoms with E-state index in [1.165, 1.54) is 16.7 Å². The predicted octanol–water partition coefficient (Wildman–Crippen LogP) is 2.83. The fraction of sp³-hybridized carbons (Fsp3) is 0.462. The van der Waals surface area contributed by atoms with Crippen molar-refractivity contribution in [1.82, 2.24) is 0 Å². The van der Waals surface area contributed by atoms with Crippen LogP contribution >= 0.6 is 0 Å². The average Bonchev–Trinajstić information content (AvgIpc) is 2.92. The van der Waals surface area contributed by atoms with Crippen LogP contribution in [0.1, 0.15) is 29.5 Å². The van der Waals surface area contributed by atoms with Crippen molar-refractivity contribution in [2.24, 2.45) is 5.92 Å². The van der Waals surface area contributed by atoms with Crippen molar-refractivity contribution in [3.63, 3.8) is 0 Å². The maximum Gasteiger partial charge on any atom is 0.140 e. The quantitative estimate of drug-likeness (QED) is 0.713. The van der Waals surface area contributed by atoms with Crippen LogP contribution in [0, 0.1) is 19.8 Å². The van der Waals surface area contributed by atoms with Crippen LogP contribution in [0.5, 0.6) is 0 Å². The normalized spacial score (nSPS) is 15.6. The van der Waals surface area contributed by atoms with Crippen LogP contribution in [0.2, 0.25) is 0 Å². The summed E-state index contributed by atoms with van der Waals surface area (Å²) in [6.07, 6.45) is 2.87. The lowest BCUT2D eigenvalue weighted by atomic mass is 10.00. The molecule has 0 bridgehead atoms. The summed E-state index contributed by atoms with van der Waals surface area (Å²) in [5.74, 6) is 0.813. The lowest BCUT2D eigenvalue weighted by Gasteiger charge is -2.05. The second-order valence-corrected chi connectivity index (χ2v) is 4.35. The van der Waals surface area contributed by atoms with Gasteiger partial charge in [0, 0.05) is 12.3 Å². The number of hydrogen-bond donors (Lipinski definition) is 0. The molecule has 0 heterocycles. The van der Waals surface area contributed by atoms with E-state index in [2.05, 4.69) is 32.0 Å². The summed E-state index contributed by atoms with van der Waals surface area (Å²) in [6, 6.07) is 6.32. The average molecular weight is 188 g/mol. The Morgan fingerprint density at radius 3 is 2.64 bits per heavy atom. The Morgan fingerprint density at radius 1 is 1.36 bits per heavy atom. The molecule has 2 rings (SSSR count). The Labute approximate surface area is 85.1 Å². The van der Waals surface area contributed by atoms with Gasteiger partial charge in [-0.15, -0.1) is 0 Å². The zero-order chi connectivity index (χ0) is 10.1. The number of rotatable bonds is 3. The molecule has 1 fully saturated rings. The number of carbonyl (C=O) groups is 1. The lowest BCUT2D eigenvalue weighted by Crippen LogP contribution is -2.05. The second kappa shape index (κ2) is 3.56. The van der Waals surface area contributed by atoms with Gasteiger partial charge in [-0.25, -0.2) is 0 Å². The van der Waals surface area contributed by atoms with E-state index in [9.17, 15) is 4.79 Å². The molecule has 0 aliphatic heterocycles. The zero-order valence-electron chi connectivity index (χ0n) is 8.84. The van der Waals surface area contributed by atoms with E-state index in [-0.39, 0.29) is 0 Å². The summed E-state index contributed by atoms with van der Waals surface area (Å²) in [5, 5.41) is 0. The highest BCUT2D eigenvalue weighted by atomic mass is 16.1. The van der Waals surface area contributed by atoms with Gasteiger partial charge in [0.15, 0.2) is 0 Å². The van der Waals surface area contributed by atoms with Gasteiger partial charge in [0.25, 0.3) is 0 Å². The third-order valence-corrected chi connectivity index (χ3v) is 2.90. The first-order chi connectivity index (χ1) is 6.66. The Kier molecular flexibility index (Phi) is 2.40. The van der Waals surface area contributed by atoms with Gasteiger partial charge in [-0.1, -0.05) is 23.8 Å². The van der Waals surface area contributed by atoms with Crippen molar-refractivity contribution in [2.75, 3.05) is 0 Å². The molecule has 1 aliphatic carbocycles. The maximum atomic E-state index is 11.6. The maximum absolute atomic E-state index is 11.6. The van der Waals surface area contributed by atoms with Gasteiger partial charge in [0.2, 0.25) is 0 Å². The second-order valence-electron chi connectivity index (χ2n) is 4.35. The summed E-state index contributed by atoms with van der Waals surface area (Å²) >= 11 is 0. The number of ketones is 1. The fourth-order valence-electron chi connectivity index (χ4n) is 1.78. The number of aryl methyl sites for hydroxylation is 2. The Hall–Kier alpha value is -1.11. The molecule has 1 aromatic carbocycles. The standard InChI is InChI=1S/C13H16O/c1-9-3-4-12(10(2)7-9)8-13(14)11-5-6-11/h3-4,7,11H,5-6,8H2,1-2H3. The minimum atomic E-state index is 0.385. The summed E-state index contributed by atoms with van der Waals surface area (Å²) in [4.78, 5) is 11.6. The third kappa shape index (κ3) is 2.03. The van der Waals surface area contributed by atoms with Crippen LogP contribution in [0.3, 0.4) is 0 Å². The first-order valence-corrected chi connectivity index (χ1v) is 5.25. The Balaban J connectivity index is 2.11. The van der Waals surface area contributed by atoms with Crippen molar-refractivity contribution >= 4 is 5.78 Å². The molecule has 74 valence electrons. The molecule has 14 heavy (non-hydrogen) atoms. The van der Waals surface area contributed by atoms with Crippen LogP contribution in [-0.2, 0) is 11.2 Å². The van der Waals surface area contributed by atoms with Crippen LogP contribution in [0.25, 0.3) is 0 Å². The van der Waals surface area contributed by atoms with E-state index >= 15 is 0 Å².